The van der Waals surface area contributed by atoms with Crippen molar-refractivity contribution < 1.29 is 28.8 Å². The van der Waals surface area contributed by atoms with E-state index in [2.05, 4.69) is 4.99 Å². The van der Waals surface area contributed by atoms with Crippen LogP contribution in [0.5, 0.6) is 23.0 Å². The van der Waals surface area contributed by atoms with E-state index in [0.717, 1.165) is 0 Å². The molecule has 0 unspecified atom stereocenters. The van der Waals surface area contributed by atoms with Crippen molar-refractivity contribution in [2.75, 3.05) is 27.9 Å². The van der Waals surface area contributed by atoms with Gasteiger partial charge in [-0.25, -0.2) is 9.79 Å². The Bertz CT molecular complexity index is 1590. The SMILES string of the molecule is CCOC(=O)C1=C(C)N=c2s/c(=C\c3cc(I)c(O)c(OC)c3)c(=O)n2[C@@H]1c1ccc(OC)cc1OC. The maximum Gasteiger partial charge on any atom is 0.338 e. The Morgan fingerprint density at radius 1 is 1.16 bits per heavy atom. The standard InChI is InChI=1S/C26H25IN2O7S/c1-6-36-25(32)21-13(2)28-26-29(22(21)16-8-7-15(33-3)12-18(16)34-4)24(31)20(37-26)11-14-9-17(27)23(30)19(10-14)35-5/h7-12,22,30H,6H2,1-5H3/b20-11-/t22-/m1/s1. The summed E-state index contributed by atoms with van der Waals surface area (Å²) in [6.45, 7) is 3.62. The lowest BCUT2D eigenvalue weighted by Crippen LogP contribution is -2.40. The molecule has 0 spiro atoms. The average molecular weight is 636 g/mol. The molecule has 9 nitrogen and oxygen atoms in total. The van der Waals surface area contributed by atoms with Crippen LogP contribution in [0.2, 0.25) is 0 Å². The van der Waals surface area contributed by atoms with Gasteiger partial charge in [0, 0.05) is 11.6 Å². The zero-order valence-electron chi connectivity index (χ0n) is 20.8. The molecule has 0 bridgehead atoms. The van der Waals surface area contributed by atoms with E-state index in [1.165, 1.54) is 30.1 Å². The van der Waals surface area contributed by atoms with E-state index in [1.807, 2.05) is 22.6 Å². The van der Waals surface area contributed by atoms with Crippen LogP contribution in [-0.4, -0.2) is 43.6 Å². The van der Waals surface area contributed by atoms with Crippen LogP contribution >= 0.6 is 33.9 Å². The summed E-state index contributed by atoms with van der Waals surface area (Å²) in [5.74, 6) is 0.796. The fourth-order valence-electron chi connectivity index (χ4n) is 4.11. The Morgan fingerprint density at radius 2 is 1.89 bits per heavy atom. The number of rotatable bonds is 7. The van der Waals surface area contributed by atoms with Crippen molar-refractivity contribution in [2.45, 2.75) is 19.9 Å². The summed E-state index contributed by atoms with van der Waals surface area (Å²) in [5, 5.41) is 10.2. The van der Waals surface area contributed by atoms with Gasteiger partial charge in [0.25, 0.3) is 5.56 Å². The minimum Gasteiger partial charge on any atom is -0.504 e. The third-order valence-corrected chi connectivity index (χ3v) is 7.63. The van der Waals surface area contributed by atoms with E-state index < -0.39 is 12.0 Å². The number of nitrogens with zero attached hydrogens (tertiary/aromatic N) is 2. The number of methoxy groups -OCH3 is 3. The van der Waals surface area contributed by atoms with E-state index in [4.69, 9.17) is 18.9 Å². The molecule has 1 aliphatic heterocycles. The smallest absolute Gasteiger partial charge is 0.338 e. The molecule has 1 N–H and O–H groups in total. The van der Waals surface area contributed by atoms with E-state index in [1.54, 1.807) is 57.4 Å². The molecule has 1 aliphatic rings. The van der Waals surface area contributed by atoms with E-state index in [-0.39, 0.29) is 23.5 Å². The van der Waals surface area contributed by atoms with Gasteiger partial charge in [0.05, 0.1) is 47.3 Å². The molecule has 0 amide bonds. The molecule has 11 heteroatoms. The van der Waals surface area contributed by atoms with Crippen LogP contribution in [0.3, 0.4) is 0 Å². The van der Waals surface area contributed by atoms with Crippen molar-refractivity contribution in [3.63, 3.8) is 0 Å². The number of phenolic OH excluding ortho intramolecular Hbond substituents is 1. The summed E-state index contributed by atoms with van der Waals surface area (Å²) in [5.41, 5.74) is 1.64. The fraction of sp³-hybridized carbons (Fsp3) is 0.269. The molecule has 2 aromatic carbocycles. The van der Waals surface area contributed by atoms with Crippen LogP contribution in [0.1, 0.15) is 31.0 Å². The predicted octanol–water partition coefficient (Wildman–Crippen LogP) is 3.13. The fourth-order valence-corrected chi connectivity index (χ4v) is 5.79. The first-order valence-electron chi connectivity index (χ1n) is 11.2. The molecule has 4 rings (SSSR count). The van der Waals surface area contributed by atoms with Crippen molar-refractivity contribution in [1.29, 1.82) is 0 Å². The molecule has 1 aromatic heterocycles. The number of aromatic hydroxyl groups is 1. The zero-order valence-corrected chi connectivity index (χ0v) is 23.8. The third kappa shape index (κ3) is 4.97. The monoisotopic (exact) mass is 636 g/mol. The van der Waals surface area contributed by atoms with Crippen LogP contribution in [0.25, 0.3) is 6.08 Å². The van der Waals surface area contributed by atoms with E-state index in [0.29, 0.717) is 47.0 Å². The molecular weight excluding hydrogens is 611 g/mol. The molecular formula is C26H25IN2O7S. The van der Waals surface area contributed by atoms with Gasteiger partial charge >= 0.3 is 5.97 Å². The molecule has 2 heterocycles. The molecule has 0 fully saturated rings. The summed E-state index contributed by atoms with van der Waals surface area (Å²) < 4.78 is 24.0. The van der Waals surface area contributed by atoms with Gasteiger partial charge in [-0.1, -0.05) is 11.3 Å². The molecule has 37 heavy (non-hydrogen) atoms. The van der Waals surface area contributed by atoms with Gasteiger partial charge in [0.15, 0.2) is 16.3 Å². The Morgan fingerprint density at radius 3 is 2.54 bits per heavy atom. The second-order valence-electron chi connectivity index (χ2n) is 7.96. The van der Waals surface area contributed by atoms with Crippen molar-refractivity contribution in [1.82, 2.24) is 4.57 Å². The van der Waals surface area contributed by atoms with Crippen molar-refractivity contribution >= 4 is 46.0 Å². The summed E-state index contributed by atoms with van der Waals surface area (Å²) >= 11 is 3.20. The minimum atomic E-state index is -0.826. The van der Waals surface area contributed by atoms with Gasteiger partial charge in [-0.2, -0.15) is 0 Å². The highest BCUT2D eigenvalue weighted by Gasteiger charge is 2.35. The molecule has 1 atom stereocenters. The summed E-state index contributed by atoms with van der Waals surface area (Å²) in [7, 11) is 4.53. The predicted molar refractivity (Wildman–Crippen MR) is 147 cm³/mol. The van der Waals surface area contributed by atoms with Crippen LogP contribution < -0.4 is 29.1 Å². The maximum absolute atomic E-state index is 13.8. The highest BCUT2D eigenvalue weighted by atomic mass is 127. The molecule has 0 saturated carbocycles. The molecule has 3 aromatic rings. The summed E-state index contributed by atoms with van der Waals surface area (Å²) in [6, 6.07) is 7.78. The van der Waals surface area contributed by atoms with E-state index >= 15 is 0 Å². The molecule has 194 valence electrons. The first-order chi connectivity index (χ1) is 17.7. The number of fused-ring (bicyclic) bond motifs is 1. The second kappa shape index (κ2) is 11.0. The number of aromatic nitrogens is 1. The molecule has 0 saturated heterocycles. The quantitative estimate of drug-likeness (QED) is 0.314. The normalized spacial score (nSPS) is 15.2. The minimum absolute atomic E-state index is 0.0306. The van der Waals surface area contributed by atoms with Crippen LogP contribution in [-0.2, 0) is 9.53 Å². The lowest BCUT2D eigenvalue weighted by Gasteiger charge is -2.26. The number of carbonyl (C=O) groups is 1. The zero-order chi connectivity index (χ0) is 26.9. The average Bonchev–Trinajstić information content (AvgIpc) is 3.18. The number of phenols is 1. The van der Waals surface area contributed by atoms with Gasteiger partial charge in [-0.3, -0.25) is 9.36 Å². The summed E-state index contributed by atoms with van der Waals surface area (Å²) in [6.07, 6.45) is 1.71. The molecule has 0 radical (unpaired) electrons. The van der Waals surface area contributed by atoms with E-state index in [9.17, 15) is 14.7 Å². The van der Waals surface area contributed by atoms with Gasteiger partial charge in [0.2, 0.25) is 0 Å². The van der Waals surface area contributed by atoms with Crippen LogP contribution in [0.4, 0.5) is 0 Å². The number of carbonyl (C=O) groups excluding carboxylic acids is 1. The van der Waals surface area contributed by atoms with Crippen LogP contribution in [0, 0.1) is 3.57 Å². The van der Waals surface area contributed by atoms with Crippen molar-refractivity contribution in [3.05, 3.63) is 76.0 Å². The highest BCUT2D eigenvalue weighted by molar-refractivity contribution is 14.1. The van der Waals surface area contributed by atoms with Crippen molar-refractivity contribution in [2.24, 2.45) is 4.99 Å². The van der Waals surface area contributed by atoms with Gasteiger partial charge in [0.1, 0.15) is 17.5 Å². The number of benzene rings is 2. The lowest BCUT2D eigenvalue weighted by molar-refractivity contribution is -0.139. The Hall–Kier alpha value is -3.32. The highest BCUT2D eigenvalue weighted by Crippen LogP contribution is 2.38. The number of allylic oxidation sites excluding steroid dienone is 1. The Balaban J connectivity index is 1.99. The third-order valence-electron chi connectivity index (χ3n) is 5.82. The molecule has 0 aliphatic carbocycles. The second-order valence-corrected chi connectivity index (χ2v) is 10.1. The number of hydrogen-bond acceptors (Lipinski definition) is 9. The first kappa shape index (κ1) is 26.7. The maximum atomic E-state index is 13.8. The topological polar surface area (TPSA) is 109 Å². The number of hydrogen-bond donors (Lipinski definition) is 1. The van der Waals surface area contributed by atoms with Crippen molar-refractivity contribution in [3.8, 4) is 23.0 Å². The Kier molecular flexibility index (Phi) is 7.93. The Labute approximate surface area is 230 Å². The van der Waals surface area contributed by atoms with Gasteiger partial charge in [-0.15, -0.1) is 0 Å². The number of thiazole rings is 1. The summed E-state index contributed by atoms with van der Waals surface area (Å²) in [4.78, 5) is 32.0. The number of esters is 1. The lowest BCUT2D eigenvalue weighted by atomic mass is 9.95. The number of halogens is 1. The first-order valence-corrected chi connectivity index (χ1v) is 13.1. The largest absolute Gasteiger partial charge is 0.504 e. The number of ether oxygens (including phenoxy) is 4. The van der Waals surface area contributed by atoms with Gasteiger partial charge in [-0.05, 0) is 72.3 Å². The van der Waals surface area contributed by atoms with Gasteiger partial charge < -0.3 is 24.1 Å². The van der Waals surface area contributed by atoms with Crippen LogP contribution in [0.15, 0.2) is 51.4 Å².